The molecule has 1 aliphatic rings. The van der Waals surface area contributed by atoms with Crippen LogP contribution in [0, 0.1) is 0 Å². The van der Waals surface area contributed by atoms with Gasteiger partial charge in [0.25, 0.3) is 0 Å². The second kappa shape index (κ2) is 2.59. The van der Waals surface area contributed by atoms with Crippen molar-refractivity contribution in [3.63, 3.8) is 0 Å². The van der Waals surface area contributed by atoms with Gasteiger partial charge in [-0.05, 0) is 22.9 Å². The van der Waals surface area contributed by atoms with E-state index in [0.717, 1.165) is 0 Å². The van der Waals surface area contributed by atoms with Gasteiger partial charge in [0.15, 0.2) is 0 Å². The molecule has 0 bridgehead atoms. The lowest BCUT2D eigenvalue weighted by Gasteiger charge is -2.20. The molecular weight excluding hydrogens is 198 g/mol. The number of hydrogen-bond acceptors (Lipinski definition) is 3. The van der Waals surface area contributed by atoms with Crippen molar-refractivity contribution < 1.29 is 0 Å². The lowest BCUT2D eigenvalue weighted by Crippen LogP contribution is -2.04. The molecule has 0 fully saturated rings. The molecule has 1 N–H and O–H groups in total. The first-order valence-corrected chi connectivity index (χ1v) is 6.04. The highest BCUT2D eigenvalue weighted by atomic mass is 32.1. The fraction of sp³-hybridized carbons (Fsp3) is 0.200. The highest BCUT2D eigenvalue weighted by Crippen LogP contribution is 2.45. The average molecular weight is 207 g/mol. The van der Waals surface area contributed by atoms with Crippen molar-refractivity contribution >= 4 is 34.0 Å². The van der Waals surface area contributed by atoms with Crippen LogP contribution < -0.4 is 5.32 Å². The number of hydrogen-bond donors (Lipinski definition) is 1. The Kier molecular flexibility index (Phi) is 1.51. The van der Waals surface area contributed by atoms with Gasteiger partial charge in [0.05, 0.1) is 11.4 Å². The quantitative estimate of drug-likeness (QED) is 0.688. The number of nitrogens with one attached hydrogen (secondary N) is 1. The molecule has 0 atom stereocenters. The zero-order chi connectivity index (χ0) is 8.84. The first kappa shape index (κ1) is 7.59. The molecule has 0 aliphatic carbocycles. The lowest BCUT2D eigenvalue weighted by molar-refractivity contribution is 0.965. The minimum atomic E-state index is 0.575. The standard InChI is InChI=1S/C10H9NS2/c1-6-9-7(2-4-12-9)11-8-3-5-13-10(6)8/h2-6,11H,1H3. The van der Waals surface area contributed by atoms with Crippen LogP contribution in [0.4, 0.5) is 11.4 Å². The van der Waals surface area contributed by atoms with Crippen molar-refractivity contribution in [2.75, 3.05) is 5.32 Å². The fourth-order valence-electron chi connectivity index (χ4n) is 1.78. The third kappa shape index (κ3) is 0.974. The Morgan fingerprint density at radius 1 is 1.08 bits per heavy atom. The first-order valence-electron chi connectivity index (χ1n) is 4.28. The Bertz CT molecular complexity index is 401. The van der Waals surface area contributed by atoms with E-state index in [1.165, 1.54) is 21.1 Å². The van der Waals surface area contributed by atoms with E-state index in [9.17, 15) is 0 Å². The van der Waals surface area contributed by atoms with E-state index in [4.69, 9.17) is 0 Å². The van der Waals surface area contributed by atoms with Crippen LogP contribution in [0.2, 0.25) is 0 Å². The number of thiophene rings is 2. The molecule has 2 aromatic heterocycles. The Morgan fingerprint density at radius 2 is 1.62 bits per heavy atom. The van der Waals surface area contributed by atoms with Crippen LogP contribution in [0.3, 0.4) is 0 Å². The van der Waals surface area contributed by atoms with Crippen molar-refractivity contribution in [3.8, 4) is 0 Å². The summed E-state index contributed by atoms with van der Waals surface area (Å²) in [5, 5.41) is 7.77. The van der Waals surface area contributed by atoms with Crippen LogP contribution in [-0.2, 0) is 0 Å². The minimum Gasteiger partial charge on any atom is -0.354 e. The number of rotatable bonds is 0. The highest BCUT2D eigenvalue weighted by Gasteiger charge is 2.23. The molecule has 66 valence electrons. The number of anilines is 2. The van der Waals surface area contributed by atoms with Gasteiger partial charge < -0.3 is 5.32 Å². The maximum absolute atomic E-state index is 3.45. The zero-order valence-corrected chi connectivity index (χ0v) is 8.84. The van der Waals surface area contributed by atoms with E-state index in [1.54, 1.807) is 0 Å². The van der Waals surface area contributed by atoms with Gasteiger partial charge in [0.2, 0.25) is 0 Å². The van der Waals surface area contributed by atoms with E-state index in [2.05, 4.69) is 35.1 Å². The molecule has 3 heterocycles. The van der Waals surface area contributed by atoms with Gasteiger partial charge in [-0.2, -0.15) is 0 Å². The average Bonchev–Trinajstić information content (AvgIpc) is 2.71. The summed E-state index contributed by atoms with van der Waals surface area (Å²) in [4.78, 5) is 2.94. The van der Waals surface area contributed by atoms with E-state index in [-0.39, 0.29) is 0 Å². The summed E-state index contributed by atoms with van der Waals surface area (Å²) in [6.45, 7) is 2.28. The van der Waals surface area contributed by atoms with Crippen LogP contribution in [0.1, 0.15) is 22.6 Å². The summed E-state index contributed by atoms with van der Waals surface area (Å²) in [6.07, 6.45) is 0. The van der Waals surface area contributed by atoms with Crippen molar-refractivity contribution in [2.24, 2.45) is 0 Å². The zero-order valence-electron chi connectivity index (χ0n) is 7.20. The predicted molar refractivity (Wildman–Crippen MR) is 59.4 cm³/mol. The normalized spacial score (nSPS) is 14.8. The maximum atomic E-state index is 3.45. The lowest BCUT2D eigenvalue weighted by atomic mass is 10.0. The molecule has 1 aliphatic heterocycles. The summed E-state index contributed by atoms with van der Waals surface area (Å²) >= 11 is 3.69. The van der Waals surface area contributed by atoms with E-state index in [0.29, 0.717) is 5.92 Å². The van der Waals surface area contributed by atoms with E-state index >= 15 is 0 Å². The Labute approximate surface area is 85.0 Å². The summed E-state index contributed by atoms with van der Waals surface area (Å²) in [6, 6.07) is 4.33. The van der Waals surface area contributed by atoms with Gasteiger partial charge in [0, 0.05) is 15.7 Å². The first-order chi connectivity index (χ1) is 6.36. The maximum Gasteiger partial charge on any atom is 0.0532 e. The molecule has 2 aromatic rings. The third-order valence-electron chi connectivity index (χ3n) is 2.45. The second-order valence-electron chi connectivity index (χ2n) is 3.24. The Hall–Kier alpha value is -0.800. The SMILES string of the molecule is CC1c2sccc2Nc2ccsc21. The van der Waals surface area contributed by atoms with Gasteiger partial charge in [-0.25, -0.2) is 0 Å². The van der Waals surface area contributed by atoms with Crippen LogP contribution in [0.5, 0.6) is 0 Å². The summed E-state index contributed by atoms with van der Waals surface area (Å²) in [5.41, 5.74) is 2.59. The molecule has 0 saturated carbocycles. The summed E-state index contributed by atoms with van der Waals surface area (Å²) in [5.74, 6) is 0.575. The molecule has 0 aromatic carbocycles. The van der Waals surface area contributed by atoms with E-state index < -0.39 is 0 Å². The Morgan fingerprint density at radius 3 is 2.15 bits per heavy atom. The molecule has 3 rings (SSSR count). The third-order valence-corrected chi connectivity index (χ3v) is 4.65. The fourth-order valence-corrected chi connectivity index (χ4v) is 3.70. The molecule has 0 radical (unpaired) electrons. The minimum absolute atomic E-state index is 0.575. The topological polar surface area (TPSA) is 12.0 Å². The number of fused-ring (bicyclic) bond motifs is 2. The van der Waals surface area contributed by atoms with Gasteiger partial charge in [0.1, 0.15) is 0 Å². The monoisotopic (exact) mass is 207 g/mol. The molecule has 13 heavy (non-hydrogen) atoms. The van der Waals surface area contributed by atoms with Crippen LogP contribution in [-0.4, -0.2) is 0 Å². The summed E-state index contributed by atoms with van der Waals surface area (Å²) < 4.78 is 0. The molecule has 0 amide bonds. The van der Waals surface area contributed by atoms with Crippen molar-refractivity contribution in [1.29, 1.82) is 0 Å². The Balaban J connectivity index is 2.21. The highest BCUT2D eigenvalue weighted by molar-refractivity contribution is 7.12. The van der Waals surface area contributed by atoms with E-state index in [1.807, 2.05) is 22.7 Å². The molecule has 0 saturated heterocycles. The van der Waals surface area contributed by atoms with Crippen molar-refractivity contribution in [1.82, 2.24) is 0 Å². The van der Waals surface area contributed by atoms with Gasteiger partial charge in [-0.15, -0.1) is 22.7 Å². The van der Waals surface area contributed by atoms with Crippen LogP contribution in [0.15, 0.2) is 22.9 Å². The van der Waals surface area contributed by atoms with Crippen molar-refractivity contribution in [3.05, 3.63) is 32.6 Å². The molecule has 1 nitrogen and oxygen atoms in total. The molecule has 3 heteroatoms. The molecular formula is C10H9NS2. The second-order valence-corrected chi connectivity index (χ2v) is 5.14. The van der Waals surface area contributed by atoms with Crippen molar-refractivity contribution in [2.45, 2.75) is 12.8 Å². The van der Waals surface area contributed by atoms with Gasteiger partial charge >= 0.3 is 0 Å². The molecule has 0 spiro atoms. The summed E-state index contributed by atoms with van der Waals surface area (Å²) in [7, 11) is 0. The van der Waals surface area contributed by atoms with Gasteiger partial charge in [-0.3, -0.25) is 0 Å². The largest absolute Gasteiger partial charge is 0.354 e. The van der Waals surface area contributed by atoms with Crippen LogP contribution >= 0.6 is 22.7 Å². The predicted octanol–water partition coefficient (Wildman–Crippen LogP) is 4.02. The van der Waals surface area contributed by atoms with Gasteiger partial charge in [-0.1, -0.05) is 6.92 Å². The van der Waals surface area contributed by atoms with Crippen LogP contribution in [0.25, 0.3) is 0 Å². The smallest absolute Gasteiger partial charge is 0.0532 e. The molecule has 0 unspecified atom stereocenters.